The fourth-order valence-corrected chi connectivity index (χ4v) is 4.59. The molecule has 8 heteroatoms. The summed E-state index contributed by atoms with van der Waals surface area (Å²) in [5.74, 6) is 2.84. The molecule has 1 aromatic heterocycles. The van der Waals surface area contributed by atoms with Crippen LogP contribution in [-0.4, -0.2) is 57.3 Å². The largest absolute Gasteiger partial charge is 0.330 e. The zero-order chi connectivity index (χ0) is 19.3. The Kier molecular flexibility index (Phi) is 10.0. The van der Waals surface area contributed by atoms with Crippen LogP contribution < -0.4 is 5.73 Å². The summed E-state index contributed by atoms with van der Waals surface area (Å²) in [5, 5.41) is 9.09. The quantitative estimate of drug-likeness (QED) is 0.695. The average molecular weight is 455 g/mol. The van der Waals surface area contributed by atoms with Gasteiger partial charge in [-0.05, 0) is 76.0 Å². The van der Waals surface area contributed by atoms with E-state index >= 15 is 0 Å². The second-order valence-electron chi connectivity index (χ2n) is 8.42. The smallest absolute Gasteiger partial charge is 0.146 e. The molecule has 4 rings (SSSR count). The number of aromatic nitrogens is 3. The van der Waals surface area contributed by atoms with Gasteiger partial charge in [-0.15, -0.1) is 35.0 Å². The number of rotatable bonds is 7. The van der Waals surface area contributed by atoms with E-state index in [9.17, 15) is 0 Å². The van der Waals surface area contributed by atoms with E-state index < -0.39 is 0 Å². The lowest BCUT2D eigenvalue weighted by atomic mass is 9.95. The number of halogens is 2. The van der Waals surface area contributed by atoms with E-state index in [-0.39, 0.29) is 24.8 Å². The molecule has 0 bridgehead atoms. The molecule has 6 nitrogen and oxygen atoms in total. The first kappa shape index (κ1) is 25.1. The molecule has 3 heterocycles. The lowest BCUT2D eigenvalue weighted by molar-refractivity contribution is 0.200. The van der Waals surface area contributed by atoms with Crippen molar-refractivity contribution in [2.24, 2.45) is 12.8 Å². The maximum absolute atomic E-state index is 5.64. The summed E-state index contributed by atoms with van der Waals surface area (Å²) in [7, 11) is 2.15. The molecule has 0 amide bonds. The molecule has 168 valence electrons. The molecule has 0 aliphatic carbocycles. The van der Waals surface area contributed by atoms with Gasteiger partial charge >= 0.3 is 0 Å². The van der Waals surface area contributed by atoms with Crippen LogP contribution in [0.4, 0.5) is 0 Å². The van der Waals surface area contributed by atoms with Crippen LogP contribution in [0.2, 0.25) is 0 Å². The highest BCUT2D eigenvalue weighted by Gasteiger charge is 2.26. The fourth-order valence-electron chi connectivity index (χ4n) is 4.59. The van der Waals surface area contributed by atoms with Crippen molar-refractivity contribution < 1.29 is 0 Å². The molecule has 0 atom stereocenters. The molecule has 2 aromatic rings. The first-order valence-corrected chi connectivity index (χ1v) is 10.8. The predicted octanol–water partition coefficient (Wildman–Crippen LogP) is 3.14. The molecule has 30 heavy (non-hydrogen) atoms. The van der Waals surface area contributed by atoms with Crippen molar-refractivity contribution in [2.45, 2.75) is 51.1 Å². The minimum atomic E-state index is 0. The number of piperidine rings is 1. The Balaban J connectivity index is 0.00000160. The standard InChI is InChI=1S/C22H34N6.2ClH/c1-26-21(17-27-12-2-3-13-27)24-25-22(26)20-9-14-28(15-10-20)16-19-6-4-18(5-7-19)8-11-23;;/h4-7,20H,2-3,8-17,23H2,1H3;2*1H. The van der Waals surface area contributed by atoms with Gasteiger partial charge in [0.15, 0.2) is 0 Å². The monoisotopic (exact) mass is 454 g/mol. The summed E-state index contributed by atoms with van der Waals surface area (Å²) in [6.07, 6.45) is 5.93. The highest BCUT2D eigenvalue weighted by Crippen LogP contribution is 2.28. The Bertz CT molecular complexity index is 749. The molecular weight excluding hydrogens is 419 g/mol. The van der Waals surface area contributed by atoms with Crippen LogP contribution in [0.15, 0.2) is 24.3 Å². The third-order valence-corrected chi connectivity index (χ3v) is 6.38. The maximum atomic E-state index is 5.64. The Labute approximate surface area is 193 Å². The summed E-state index contributed by atoms with van der Waals surface area (Å²) < 4.78 is 2.26. The Hall–Kier alpha value is -1.18. The summed E-state index contributed by atoms with van der Waals surface area (Å²) in [6, 6.07) is 8.95. The Morgan fingerprint density at radius 2 is 1.47 bits per heavy atom. The van der Waals surface area contributed by atoms with Crippen molar-refractivity contribution in [1.29, 1.82) is 0 Å². The van der Waals surface area contributed by atoms with Gasteiger partial charge in [0, 0.05) is 19.5 Å². The van der Waals surface area contributed by atoms with Gasteiger partial charge in [-0.1, -0.05) is 24.3 Å². The molecule has 1 aromatic carbocycles. The van der Waals surface area contributed by atoms with Crippen LogP contribution in [0.1, 0.15) is 54.4 Å². The van der Waals surface area contributed by atoms with Crippen molar-refractivity contribution in [2.75, 3.05) is 32.7 Å². The van der Waals surface area contributed by atoms with Crippen molar-refractivity contribution in [3.8, 4) is 0 Å². The van der Waals surface area contributed by atoms with Crippen molar-refractivity contribution in [3.63, 3.8) is 0 Å². The Morgan fingerprint density at radius 1 is 0.867 bits per heavy atom. The van der Waals surface area contributed by atoms with E-state index in [1.165, 1.54) is 55.7 Å². The van der Waals surface area contributed by atoms with Crippen LogP contribution in [0.25, 0.3) is 0 Å². The SMILES string of the molecule is Cl.Cl.Cn1c(CN2CCCC2)nnc1C1CCN(Cc2ccc(CCN)cc2)CC1. The third kappa shape index (κ3) is 6.17. The summed E-state index contributed by atoms with van der Waals surface area (Å²) in [6.45, 7) is 7.36. The van der Waals surface area contributed by atoms with Gasteiger partial charge in [0.25, 0.3) is 0 Å². The molecule has 0 unspecified atom stereocenters. The van der Waals surface area contributed by atoms with Gasteiger partial charge in [-0.3, -0.25) is 9.80 Å². The van der Waals surface area contributed by atoms with Crippen molar-refractivity contribution in [1.82, 2.24) is 24.6 Å². The molecule has 2 N–H and O–H groups in total. The minimum Gasteiger partial charge on any atom is -0.330 e. The van der Waals surface area contributed by atoms with E-state index in [1.807, 2.05) is 0 Å². The van der Waals surface area contributed by atoms with Gasteiger partial charge in [-0.25, -0.2) is 0 Å². The average Bonchev–Trinajstić information content (AvgIpc) is 3.35. The predicted molar refractivity (Wildman–Crippen MR) is 126 cm³/mol. The molecule has 0 radical (unpaired) electrons. The van der Waals surface area contributed by atoms with Crippen LogP contribution in [0.3, 0.4) is 0 Å². The van der Waals surface area contributed by atoms with Gasteiger partial charge in [0.2, 0.25) is 0 Å². The lowest BCUT2D eigenvalue weighted by Gasteiger charge is -2.31. The number of nitrogens with zero attached hydrogens (tertiary/aromatic N) is 5. The number of hydrogen-bond acceptors (Lipinski definition) is 5. The number of nitrogens with two attached hydrogens (primary N) is 1. The zero-order valence-electron chi connectivity index (χ0n) is 18.0. The molecule has 0 saturated carbocycles. The summed E-state index contributed by atoms with van der Waals surface area (Å²) in [5.41, 5.74) is 8.36. The van der Waals surface area contributed by atoms with E-state index in [0.29, 0.717) is 12.5 Å². The van der Waals surface area contributed by atoms with E-state index in [0.717, 1.165) is 38.4 Å². The van der Waals surface area contributed by atoms with E-state index in [4.69, 9.17) is 5.73 Å². The maximum Gasteiger partial charge on any atom is 0.146 e. The first-order valence-electron chi connectivity index (χ1n) is 10.8. The van der Waals surface area contributed by atoms with Gasteiger partial charge in [0.1, 0.15) is 11.6 Å². The summed E-state index contributed by atoms with van der Waals surface area (Å²) in [4.78, 5) is 5.06. The minimum absolute atomic E-state index is 0. The molecule has 2 aliphatic rings. The number of benzene rings is 1. The first-order chi connectivity index (χ1) is 13.7. The summed E-state index contributed by atoms with van der Waals surface area (Å²) >= 11 is 0. The van der Waals surface area contributed by atoms with E-state index in [2.05, 4.69) is 55.9 Å². The fraction of sp³-hybridized carbons (Fsp3) is 0.636. The van der Waals surface area contributed by atoms with Crippen LogP contribution in [0, 0.1) is 0 Å². The zero-order valence-corrected chi connectivity index (χ0v) is 19.6. The van der Waals surface area contributed by atoms with Crippen molar-refractivity contribution in [3.05, 3.63) is 47.0 Å². The lowest BCUT2D eigenvalue weighted by Crippen LogP contribution is -2.33. The Morgan fingerprint density at radius 3 is 2.10 bits per heavy atom. The highest BCUT2D eigenvalue weighted by atomic mass is 35.5. The topological polar surface area (TPSA) is 63.2 Å². The normalized spacial score (nSPS) is 18.2. The van der Waals surface area contributed by atoms with Crippen LogP contribution in [0.5, 0.6) is 0 Å². The van der Waals surface area contributed by atoms with Gasteiger partial charge in [-0.2, -0.15) is 0 Å². The number of likely N-dealkylation sites (tertiary alicyclic amines) is 2. The van der Waals surface area contributed by atoms with Crippen molar-refractivity contribution >= 4 is 24.8 Å². The molecule has 2 saturated heterocycles. The van der Waals surface area contributed by atoms with E-state index in [1.54, 1.807) is 0 Å². The van der Waals surface area contributed by atoms with Gasteiger partial charge in [0.05, 0.1) is 6.54 Å². The second-order valence-corrected chi connectivity index (χ2v) is 8.42. The van der Waals surface area contributed by atoms with Crippen LogP contribution >= 0.6 is 24.8 Å². The highest BCUT2D eigenvalue weighted by molar-refractivity contribution is 5.85. The third-order valence-electron chi connectivity index (χ3n) is 6.38. The van der Waals surface area contributed by atoms with Gasteiger partial charge < -0.3 is 10.3 Å². The van der Waals surface area contributed by atoms with Crippen LogP contribution in [-0.2, 0) is 26.6 Å². The number of hydrogen-bond donors (Lipinski definition) is 1. The molecule has 2 aliphatic heterocycles. The molecular formula is C22H36Cl2N6. The molecule has 0 spiro atoms. The molecule has 2 fully saturated rings. The second kappa shape index (κ2) is 12.0.